The Hall–Kier alpha value is -2.64. The summed E-state index contributed by atoms with van der Waals surface area (Å²) in [6.45, 7) is 2.98. The first kappa shape index (κ1) is 19.7. The van der Waals surface area contributed by atoms with Gasteiger partial charge in [-0.25, -0.2) is 4.98 Å². The van der Waals surface area contributed by atoms with Gasteiger partial charge in [0.05, 0.1) is 12.8 Å². The van der Waals surface area contributed by atoms with Gasteiger partial charge in [-0.1, -0.05) is 54.2 Å². The van der Waals surface area contributed by atoms with E-state index in [1.165, 1.54) is 5.56 Å². The first-order valence-corrected chi connectivity index (χ1v) is 11.3. The van der Waals surface area contributed by atoms with Crippen molar-refractivity contribution < 1.29 is 4.74 Å². The highest BCUT2D eigenvalue weighted by Gasteiger charge is 2.13. The van der Waals surface area contributed by atoms with E-state index < -0.39 is 0 Å². The molecule has 4 rings (SSSR count). The van der Waals surface area contributed by atoms with Crippen LogP contribution >= 0.6 is 23.1 Å². The van der Waals surface area contributed by atoms with E-state index in [4.69, 9.17) is 9.72 Å². The second-order valence-corrected chi connectivity index (χ2v) is 8.27. The van der Waals surface area contributed by atoms with Crippen LogP contribution in [0.15, 0.2) is 65.1 Å². The third-order valence-electron chi connectivity index (χ3n) is 4.53. The van der Waals surface area contributed by atoms with Gasteiger partial charge >= 0.3 is 0 Å². The number of hydrogen-bond acceptors (Lipinski definition) is 6. The van der Waals surface area contributed by atoms with Gasteiger partial charge < -0.3 is 9.30 Å². The Kier molecular flexibility index (Phi) is 6.27. The molecule has 2 aromatic carbocycles. The normalized spacial score (nSPS) is 11.0. The molecule has 5 nitrogen and oxygen atoms in total. The molecule has 0 saturated carbocycles. The topological polar surface area (TPSA) is 52.8 Å². The number of ether oxygens (including phenoxy) is 1. The summed E-state index contributed by atoms with van der Waals surface area (Å²) in [5, 5.41) is 12.9. The first-order chi connectivity index (χ1) is 14.3. The summed E-state index contributed by atoms with van der Waals surface area (Å²) in [5.74, 6) is 2.61. The molecule has 0 atom stereocenters. The minimum Gasteiger partial charge on any atom is -0.497 e. The molecule has 0 radical (unpaired) electrons. The molecule has 7 heteroatoms. The Balaban J connectivity index is 1.45. The SMILES string of the molecule is CCn1c(Cc2ccccc2)nnc1SCc1csc(-c2cccc(OC)c2)n1. The maximum absolute atomic E-state index is 5.31. The lowest BCUT2D eigenvalue weighted by Crippen LogP contribution is -2.04. The third kappa shape index (κ3) is 4.68. The molecular formula is C22H22N4OS2. The lowest BCUT2D eigenvalue weighted by molar-refractivity contribution is 0.415. The monoisotopic (exact) mass is 422 g/mol. The van der Waals surface area contributed by atoms with Crippen molar-refractivity contribution in [2.75, 3.05) is 7.11 Å². The third-order valence-corrected chi connectivity index (χ3v) is 6.47. The number of methoxy groups -OCH3 is 1. The van der Waals surface area contributed by atoms with Crippen LogP contribution in [0.4, 0.5) is 0 Å². The average Bonchev–Trinajstić information content (AvgIpc) is 3.40. The fourth-order valence-corrected chi connectivity index (χ4v) is 4.89. The number of hydrogen-bond donors (Lipinski definition) is 0. The van der Waals surface area contributed by atoms with Crippen molar-refractivity contribution in [3.05, 3.63) is 77.1 Å². The molecule has 0 amide bonds. The Morgan fingerprint density at radius 1 is 1.07 bits per heavy atom. The second-order valence-electron chi connectivity index (χ2n) is 6.47. The van der Waals surface area contributed by atoms with Gasteiger partial charge in [-0.3, -0.25) is 0 Å². The quantitative estimate of drug-likeness (QED) is 0.360. The molecule has 0 aliphatic carbocycles. The minimum atomic E-state index is 0.768. The van der Waals surface area contributed by atoms with Crippen LogP contribution in [-0.4, -0.2) is 26.9 Å². The largest absolute Gasteiger partial charge is 0.497 e. The zero-order valence-electron chi connectivity index (χ0n) is 16.4. The molecule has 4 aromatic rings. The fourth-order valence-electron chi connectivity index (χ4n) is 3.05. The zero-order valence-corrected chi connectivity index (χ0v) is 18.0. The molecule has 0 spiro atoms. The zero-order chi connectivity index (χ0) is 20.1. The molecule has 0 bridgehead atoms. The summed E-state index contributed by atoms with van der Waals surface area (Å²) in [5.41, 5.74) is 3.37. The van der Waals surface area contributed by atoms with Gasteiger partial charge in [-0.05, 0) is 24.6 Å². The van der Waals surface area contributed by atoms with Crippen molar-refractivity contribution in [1.29, 1.82) is 0 Å². The highest BCUT2D eigenvalue weighted by Crippen LogP contribution is 2.29. The molecule has 0 N–H and O–H groups in total. The van der Waals surface area contributed by atoms with Crippen LogP contribution in [-0.2, 0) is 18.7 Å². The van der Waals surface area contributed by atoms with Gasteiger partial charge in [0, 0.05) is 29.7 Å². The highest BCUT2D eigenvalue weighted by molar-refractivity contribution is 7.98. The summed E-state index contributed by atoms with van der Waals surface area (Å²) in [7, 11) is 1.68. The van der Waals surface area contributed by atoms with E-state index in [9.17, 15) is 0 Å². The van der Waals surface area contributed by atoms with Crippen LogP contribution in [0.2, 0.25) is 0 Å². The van der Waals surface area contributed by atoms with Crippen molar-refractivity contribution in [2.24, 2.45) is 0 Å². The lowest BCUT2D eigenvalue weighted by atomic mass is 10.1. The Labute approximate surface area is 178 Å². The van der Waals surface area contributed by atoms with Crippen LogP contribution in [0, 0.1) is 0 Å². The van der Waals surface area contributed by atoms with E-state index >= 15 is 0 Å². The molecule has 0 unspecified atom stereocenters. The Morgan fingerprint density at radius 2 is 1.93 bits per heavy atom. The van der Waals surface area contributed by atoms with E-state index in [1.54, 1.807) is 30.2 Å². The smallest absolute Gasteiger partial charge is 0.191 e. The molecule has 29 heavy (non-hydrogen) atoms. The number of benzene rings is 2. The molecule has 148 valence electrons. The summed E-state index contributed by atoms with van der Waals surface area (Å²) in [6.07, 6.45) is 0.791. The van der Waals surface area contributed by atoms with Gasteiger partial charge in [-0.15, -0.1) is 21.5 Å². The van der Waals surface area contributed by atoms with Gasteiger partial charge in [0.1, 0.15) is 16.6 Å². The van der Waals surface area contributed by atoms with Crippen LogP contribution in [0.25, 0.3) is 10.6 Å². The maximum atomic E-state index is 5.31. The highest BCUT2D eigenvalue weighted by atomic mass is 32.2. The van der Waals surface area contributed by atoms with Crippen molar-refractivity contribution >= 4 is 23.1 Å². The predicted octanol–water partition coefficient (Wildman–Crippen LogP) is 5.31. The number of nitrogens with zero attached hydrogens (tertiary/aromatic N) is 4. The predicted molar refractivity (Wildman–Crippen MR) is 119 cm³/mol. The number of rotatable bonds is 8. The first-order valence-electron chi connectivity index (χ1n) is 9.44. The van der Waals surface area contributed by atoms with Crippen molar-refractivity contribution in [3.63, 3.8) is 0 Å². The van der Waals surface area contributed by atoms with Crippen molar-refractivity contribution in [2.45, 2.75) is 30.8 Å². The van der Waals surface area contributed by atoms with Gasteiger partial charge in [-0.2, -0.15) is 0 Å². The molecule has 2 aromatic heterocycles. The van der Waals surface area contributed by atoms with E-state index in [2.05, 4.69) is 57.4 Å². The van der Waals surface area contributed by atoms with E-state index in [0.29, 0.717) is 0 Å². The fraction of sp³-hybridized carbons (Fsp3) is 0.227. The van der Waals surface area contributed by atoms with Crippen LogP contribution in [0.5, 0.6) is 5.75 Å². The number of thiazole rings is 1. The van der Waals surface area contributed by atoms with E-state index in [-0.39, 0.29) is 0 Å². The molecule has 0 aliphatic rings. The average molecular weight is 423 g/mol. The van der Waals surface area contributed by atoms with E-state index in [1.807, 2.05) is 24.3 Å². The van der Waals surface area contributed by atoms with Crippen LogP contribution in [0.3, 0.4) is 0 Å². The second kappa shape index (κ2) is 9.24. The Morgan fingerprint density at radius 3 is 2.72 bits per heavy atom. The van der Waals surface area contributed by atoms with Crippen LogP contribution < -0.4 is 4.74 Å². The molecule has 0 fully saturated rings. The standard InChI is InChI=1S/C22H22N4OS2/c1-3-26-20(12-16-8-5-4-6-9-16)24-25-22(26)29-15-18-14-28-21(23-18)17-10-7-11-19(13-17)27-2/h4-11,13-14H,3,12,15H2,1-2H3. The summed E-state index contributed by atoms with van der Waals surface area (Å²) in [4.78, 5) is 4.79. The van der Waals surface area contributed by atoms with Gasteiger partial charge in [0.25, 0.3) is 0 Å². The Bertz CT molecular complexity index is 1080. The lowest BCUT2D eigenvalue weighted by Gasteiger charge is -2.07. The summed E-state index contributed by atoms with van der Waals surface area (Å²) >= 11 is 3.33. The molecule has 2 heterocycles. The van der Waals surface area contributed by atoms with Crippen molar-refractivity contribution in [3.8, 4) is 16.3 Å². The van der Waals surface area contributed by atoms with Gasteiger partial charge in [0.2, 0.25) is 0 Å². The molecule has 0 saturated heterocycles. The van der Waals surface area contributed by atoms with Crippen LogP contribution in [0.1, 0.15) is 24.0 Å². The molecule has 0 aliphatic heterocycles. The van der Waals surface area contributed by atoms with Crippen molar-refractivity contribution in [1.82, 2.24) is 19.7 Å². The summed E-state index contributed by atoms with van der Waals surface area (Å²) in [6, 6.07) is 18.4. The number of thioether (sulfide) groups is 1. The minimum absolute atomic E-state index is 0.768. The molecular weight excluding hydrogens is 400 g/mol. The van der Waals surface area contributed by atoms with Gasteiger partial charge in [0.15, 0.2) is 5.16 Å². The maximum Gasteiger partial charge on any atom is 0.191 e. The number of aromatic nitrogens is 4. The van der Waals surface area contributed by atoms with E-state index in [0.717, 1.165) is 51.7 Å². The summed E-state index contributed by atoms with van der Waals surface area (Å²) < 4.78 is 7.50.